The molecule has 5 aromatic rings. The Morgan fingerprint density at radius 3 is 2.17 bits per heavy atom. The largest absolute Gasteiger partial charge is 0.488 e. The van der Waals surface area contributed by atoms with Gasteiger partial charge in [-0.05, 0) is 71.5 Å². The molecule has 5 rings (SSSR count). The van der Waals surface area contributed by atoms with E-state index in [4.69, 9.17) is 9.47 Å². The van der Waals surface area contributed by atoms with E-state index in [9.17, 15) is 8.42 Å². The molecule has 1 heterocycles. The summed E-state index contributed by atoms with van der Waals surface area (Å²) in [4.78, 5) is 3.42. The van der Waals surface area contributed by atoms with Gasteiger partial charge in [0.15, 0.2) is 0 Å². The van der Waals surface area contributed by atoms with Crippen molar-refractivity contribution in [3.05, 3.63) is 136 Å². The van der Waals surface area contributed by atoms with Crippen molar-refractivity contribution in [1.82, 2.24) is 0 Å². The Morgan fingerprint density at radius 2 is 1.46 bits per heavy atom. The lowest BCUT2D eigenvalue weighted by atomic mass is 10.1. The molecule has 1 aromatic heterocycles. The fourth-order valence-electron chi connectivity index (χ4n) is 4.50. The third kappa shape index (κ3) is 8.13. The number of hydrogen-bond donors (Lipinski definition) is 1. The lowest BCUT2D eigenvalue weighted by Crippen LogP contribution is -2.23. The molecule has 0 spiro atoms. The molecular weight excluding hydrogens is 553 g/mol. The van der Waals surface area contributed by atoms with E-state index < -0.39 is 10.0 Å². The monoisotopic (exact) mass is 584 g/mol. The van der Waals surface area contributed by atoms with Crippen LogP contribution in [0.2, 0.25) is 0 Å². The first kappa shape index (κ1) is 28.3. The number of nitrogens with one attached hydrogen (secondary N) is 1. The first-order valence-electron chi connectivity index (χ1n) is 13.2. The van der Waals surface area contributed by atoms with Gasteiger partial charge in [-0.25, -0.2) is 8.42 Å². The molecule has 1 N–H and O–H groups in total. The van der Waals surface area contributed by atoms with Crippen molar-refractivity contribution in [1.29, 1.82) is 0 Å². The van der Waals surface area contributed by atoms with Crippen molar-refractivity contribution in [2.45, 2.75) is 26.6 Å². The molecule has 0 bridgehead atoms. The van der Waals surface area contributed by atoms with Crippen LogP contribution in [-0.4, -0.2) is 14.7 Å². The molecule has 210 valence electrons. The summed E-state index contributed by atoms with van der Waals surface area (Å²) >= 11 is 1.67. The van der Waals surface area contributed by atoms with Crippen LogP contribution in [0.3, 0.4) is 0 Å². The van der Waals surface area contributed by atoms with Gasteiger partial charge in [0.1, 0.15) is 23.9 Å². The van der Waals surface area contributed by atoms with Gasteiger partial charge in [-0.15, -0.1) is 11.3 Å². The quantitative estimate of drug-likeness (QED) is 0.161. The molecule has 0 saturated heterocycles. The van der Waals surface area contributed by atoms with Crippen LogP contribution in [0.5, 0.6) is 17.2 Å². The third-order valence-corrected chi connectivity index (χ3v) is 7.90. The Labute approximate surface area is 245 Å². The Bertz CT molecular complexity index is 1670. The van der Waals surface area contributed by atoms with Crippen LogP contribution >= 0.6 is 11.3 Å². The van der Waals surface area contributed by atoms with Crippen molar-refractivity contribution >= 4 is 32.7 Å². The van der Waals surface area contributed by atoms with E-state index in [-0.39, 0.29) is 0 Å². The summed E-state index contributed by atoms with van der Waals surface area (Å²) in [5, 5.41) is 2.04. The van der Waals surface area contributed by atoms with Crippen LogP contribution in [0, 0.1) is 6.92 Å². The fraction of sp³-hybridized carbons (Fsp3) is 0.152. The average Bonchev–Trinajstić information content (AvgIpc) is 3.48. The molecule has 41 heavy (non-hydrogen) atoms. The van der Waals surface area contributed by atoms with E-state index in [2.05, 4.69) is 40.0 Å². The fourth-order valence-corrected chi connectivity index (χ4v) is 5.74. The SMILES string of the molecule is Cc1c(NS(C)(=O)=O)cccc1N(Cc1ccccc1)Cc1ccc(Oc2cccc(OCc3cccs3)c2)cc1. The van der Waals surface area contributed by atoms with Crippen molar-refractivity contribution in [2.75, 3.05) is 15.9 Å². The molecule has 0 aliphatic carbocycles. The molecule has 6 nitrogen and oxygen atoms in total. The zero-order valence-electron chi connectivity index (χ0n) is 23.0. The molecule has 0 fully saturated rings. The summed E-state index contributed by atoms with van der Waals surface area (Å²) in [7, 11) is -3.40. The molecule has 0 amide bonds. The summed E-state index contributed by atoms with van der Waals surface area (Å²) in [5.74, 6) is 2.19. The molecule has 0 radical (unpaired) electrons. The highest BCUT2D eigenvalue weighted by Gasteiger charge is 2.15. The highest BCUT2D eigenvalue weighted by molar-refractivity contribution is 7.92. The zero-order valence-corrected chi connectivity index (χ0v) is 24.6. The van der Waals surface area contributed by atoms with Crippen LogP contribution in [0.4, 0.5) is 11.4 Å². The number of nitrogens with zero attached hydrogens (tertiary/aromatic N) is 1. The maximum absolute atomic E-state index is 11.9. The number of sulfonamides is 1. The van der Waals surface area contributed by atoms with Gasteiger partial charge in [-0.3, -0.25) is 4.72 Å². The maximum Gasteiger partial charge on any atom is 0.229 e. The minimum absolute atomic E-state index is 0.530. The predicted octanol–water partition coefficient (Wildman–Crippen LogP) is 8.01. The number of thiophene rings is 1. The first-order chi connectivity index (χ1) is 19.8. The van der Waals surface area contributed by atoms with Gasteiger partial charge < -0.3 is 14.4 Å². The Balaban J connectivity index is 1.32. The van der Waals surface area contributed by atoms with Crippen LogP contribution in [0.15, 0.2) is 115 Å². The van der Waals surface area contributed by atoms with Crippen molar-refractivity contribution < 1.29 is 17.9 Å². The second-order valence-electron chi connectivity index (χ2n) is 9.75. The normalized spacial score (nSPS) is 11.2. The van der Waals surface area contributed by atoms with Crippen molar-refractivity contribution in [3.8, 4) is 17.2 Å². The summed E-state index contributed by atoms with van der Waals surface area (Å²) < 4.78 is 38.5. The van der Waals surface area contributed by atoms with Gasteiger partial charge in [0.25, 0.3) is 0 Å². The molecule has 0 saturated carbocycles. The van der Waals surface area contributed by atoms with Crippen LogP contribution in [0.25, 0.3) is 0 Å². The van der Waals surface area contributed by atoms with Crippen LogP contribution in [-0.2, 0) is 29.7 Å². The lowest BCUT2D eigenvalue weighted by molar-refractivity contribution is 0.308. The summed E-state index contributed by atoms with van der Waals surface area (Å²) in [6.45, 7) is 3.77. The summed E-state index contributed by atoms with van der Waals surface area (Å²) in [6.07, 6.45) is 1.17. The minimum Gasteiger partial charge on any atom is -0.488 e. The van der Waals surface area contributed by atoms with Gasteiger partial charge in [0, 0.05) is 29.7 Å². The minimum atomic E-state index is -3.40. The molecule has 0 aliphatic heterocycles. The number of ether oxygens (including phenoxy) is 2. The third-order valence-electron chi connectivity index (χ3n) is 6.46. The molecule has 0 atom stereocenters. The van der Waals surface area contributed by atoms with E-state index in [1.807, 2.05) is 85.1 Å². The van der Waals surface area contributed by atoms with E-state index in [0.717, 1.165) is 33.9 Å². The van der Waals surface area contributed by atoms with Gasteiger partial charge in [0.2, 0.25) is 10.0 Å². The average molecular weight is 585 g/mol. The second kappa shape index (κ2) is 12.9. The van der Waals surface area contributed by atoms with Gasteiger partial charge in [-0.1, -0.05) is 60.7 Å². The molecule has 0 aliphatic rings. The lowest BCUT2D eigenvalue weighted by Gasteiger charge is -2.28. The first-order valence-corrected chi connectivity index (χ1v) is 16.0. The summed E-state index contributed by atoms with van der Waals surface area (Å²) in [6, 6.07) is 35.7. The summed E-state index contributed by atoms with van der Waals surface area (Å²) in [5.41, 5.74) is 4.67. The van der Waals surface area contributed by atoms with Crippen molar-refractivity contribution in [3.63, 3.8) is 0 Å². The molecule has 4 aromatic carbocycles. The van der Waals surface area contributed by atoms with E-state index >= 15 is 0 Å². The van der Waals surface area contributed by atoms with Gasteiger partial charge in [-0.2, -0.15) is 0 Å². The molecule has 8 heteroatoms. The smallest absolute Gasteiger partial charge is 0.229 e. The highest BCUT2D eigenvalue weighted by Crippen LogP contribution is 2.31. The molecule has 0 unspecified atom stereocenters. The van der Waals surface area contributed by atoms with Crippen LogP contribution in [0.1, 0.15) is 21.6 Å². The zero-order chi connectivity index (χ0) is 28.7. The number of rotatable bonds is 12. The Kier molecular flexibility index (Phi) is 8.91. The highest BCUT2D eigenvalue weighted by atomic mass is 32.2. The number of anilines is 2. The Morgan fingerprint density at radius 1 is 0.756 bits per heavy atom. The number of hydrogen-bond acceptors (Lipinski definition) is 6. The Hall–Kier alpha value is -4.27. The second-order valence-corrected chi connectivity index (χ2v) is 12.5. The van der Waals surface area contributed by atoms with Gasteiger partial charge in [0.05, 0.1) is 11.9 Å². The van der Waals surface area contributed by atoms with E-state index in [1.54, 1.807) is 17.4 Å². The van der Waals surface area contributed by atoms with E-state index in [1.165, 1.54) is 11.1 Å². The topological polar surface area (TPSA) is 67.9 Å². The molecular formula is C33H32N2O4S2. The van der Waals surface area contributed by atoms with Crippen molar-refractivity contribution in [2.24, 2.45) is 0 Å². The van der Waals surface area contributed by atoms with E-state index in [0.29, 0.717) is 31.1 Å². The van der Waals surface area contributed by atoms with Crippen LogP contribution < -0.4 is 19.1 Å². The standard InChI is InChI=1S/C33H32N2O4S2/c1-25-32(34-41(2,36)37)14-7-15-33(25)35(22-26-9-4-3-5-10-26)23-27-16-18-28(19-17-27)39-30-12-6-11-29(21-30)38-24-31-13-8-20-40-31/h3-21,34H,22-24H2,1-2H3. The number of benzene rings is 4. The van der Waals surface area contributed by atoms with Gasteiger partial charge >= 0.3 is 0 Å². The maximum atomic E-state index is 11.9. The predicted molar refractivity (Wildman–Crippen MR) is 168 cm³/mol.